The van der Waals surface area contributed by atoms with Crippen molar-refractivity contribution in [3.63, 3.8) is 0 Å². The number of halogens is 1. The third-order valence-corrected chi connectivity index (χ3v) is 5.16. The van der Waals surface area contributed by atoms with Crippen LogP contribution in [-0.4, -0.2) is 29.4 Å². The van der Waals surface area contributed by atoms with Gasteiger partial charge in [0.15, 0.2) is 0 Å². The first-order valence-electron chi connectivity index (χ1n) is 8.29. The van der Waals surface area contributed by atoms with Gasteiger partial charge < -0.3 is 10.6 Å². The monoisotopic (exact) mass is 322 g/mol. The van der Waals surface area contributed by atoms with Crippen molar-refractivity contribution in [3.8, 4) is 0 Å². The molecule has 1 aromatic carbocycles. The summed E-state index contributed by atoms with van der Waals surface area (Å²) in [6.45, 7) is 1.81. The summed E-state index contributed by atoms with van der Waals surface area (Å²) in [6, 6.07) is 10.6. The van der Waals surface area contributed by atoms with Gasteiger partial charge in [-0.2, -0.15) is 0 Å². The second-order valence-corrected chi connectivity index (χ2v) is 6.79. The molecule has 2 aliphatic rings. The number of nitrogens with zero attached hydrogens (tertiary/aromatic N) is 1. The largest absolute Gasteiger partial charge is 0.341 e. The van der Waals surface area contributed by atoms with Crippen LogP contribution in [0, 0.1) is 5.92 Å². The van der Waals surface area contributed by atoms with E-state index in [1.54, 1.807) is 0 Å². The minimum absolute atomic E-state index is 0. The maximum Gasteiger partial charge on any atom is 0.242 e. The predicted octanol–water partition coefficient (Wildman–Crippen LogP) is 3.16. The molecule has 1 saturated carbocycles. The van der Waals surface area contributed by atoms with E-state index < -0.39 is 5.54 Å². The molecule has 122 valence electrons. The molecule has 3 rings (SSSR count). The molecule has 0 radical (unpaired) electrons. The predicted molar refractivity (Wildman–Crippen MR) is 92.1 cm³/mol. The summed E-state index contributed by atoms with van der Waals surface area (Å²) in [6.07, 6.45) is 7.50. The molecule has 1 atom stereocenters. The Morgan fingerprint density at radius 2 is 1.95 bits per heavy atom. The number of carbonyl (C=O) groups excluding carboxylic acids is 1. The van der Waals surface area contributed by atoms with Gasteiger partial charge in [-0.3, -0.25) is 4.79 Å². The van der Waals surface area contributed by atoms with Crippen molar-refractivity contribution in [2.45, 2.75) is 50.5 Å². The molecule has 2 N–H and O–H groups in total. The first-order chi connectivity index (χ1) is 10.2. The van der Waals surface area contributed by atoms with Crippen LogP contribution >= 0.6 is 12.4 Å². The zero-order chi connectivity index (χ0) is 14.7. The van der Waals surface area contributed by atoms with Gasteiger partial charge in [-0.1, -0.05) is 30.3 Å². The average molecular weight is 323 g/mol. The van der Waals surface area contributed by atoms with Crippen LogP contribution in [0.5, 0.6) is 0 Å². The van der Waals surface area contributed by atoms with Crippen molar-refractivity contribution in [3.05, 3.63) is 35.9 Å². The highest BCUT2D eigenvalue weighted by atomic mass is 35.5. The lowest BCUT2D eigenvalue weighted by molar-refractivity contribution is -0.142. The zero-order valence-electron chi connectivity index (χ0n) is 13.2. The number of nitrogens with two attached hydrogens (primary N) is 1. The van der Waals surface area contributed by atoms with E-state index in [0.717, 1.165) is 45.2 Å². The first-order valence-corrected chi connectivity index (χ1v) is 8.29. The Kier molecular flexibility index (Phi) is 5.87. The topological polar surface area (TPSA) is 46.3 Å². The smallest absolute Gasteiger partial charge is 0.242 e. The van der Waals surface area contributed by atoms with E-state index in [-0.39, 0.29) is 18.3 Å². The molecule has 1 heterocycles. The molecule has 1 saturated heterocycles. The minimum Gasteiger partial charge on any atom is -0.341 e. The number of carbonyl (C=O) groups is 1. The standard InChI is InChI=1S/C18H26N2O.ClH/c19-18(11-5-12-18)17(21)20-13-4-8-16(14-20)10-9-15-6-2-1-3-7-15;/h1-3,6-7,16H,4-5,8-14,19H2;1H. The van der Waals surface area contributed by atoms with Gasteiger partial charge in [-0.15, -0.1) is 12.4 Å². The average Bonchev–Trinajstić information content (AvgIpc) is 2.51. The third-order valence-electron chi connectivity index (χ3n) is 5.16. The van der Waals surface area contributed by atoms with Crippen LogP contribution in [0.25, 0.3) is 0 Å². The van der Waals surface area contributed by atoms with Gasteiger partial charge in [0.1, 0.15) is 0 Å². The second-order valence-electron chi connectivity index (χ2n) is 6.79. The van der Waals surface area contributed by atoms with Crippen molar-refractivity contribution in [1.29, 1.82) is 0 Å². The van der Waals surface area contributed by atoms with Gasteiger partial charge in [0.05, 0.1) is 5.54 Å². The van der Waals surface area contributed by atoms with Crippen molar-refractivity contribution in [2.75, 3.05) is 13.1 Å². The van der Waals surface area contributed by atoms with Gasteiger partial charge in [-0.05, 0) is 56.4 Å². The van der Waals surface area contributed by atoms with E-state index >= 15 is 0 Å². The number of piperidine rings is 1. The summed E-state index contributed by atoms with van der Waals surface area (Å²) < 4.78 is 0. The van der Waals surface area contributed by atoms with E-state index in [0.29, 0.717) is 5.92 Å². The van der Waals surface area contributed by atoms with Crippen molar-refractivity contribution in [2.24, 2.45) is 11.7 Å². The number of rotatable bonds is 4. The summed E-state index contributed by atoms with van der Waals surface area (Å²) >= 11 is 0. The van der Waals surface area contributed by atoms with Crippen LogP contribution in [0.15, 0.2) is 30.3 Å². The Labute approximate surface area is 139 Å². The highest BCUT2D eigenvalue weighted by Crippen LogP contribution is 2.32. The van der Waals surface area contributed by atoms with Crippen LogP contribution in [0.2, 0.25) is 0 Å². The van der Waals surface area contributed by atoms with Gasteiger partial charge >= 0.3 is 0 Å². The zero-order valence-corrected chi connectivity index (χ0v) is 14.0. The fraction of sp³-hybridized carbons (Fsp3) is 0.611. The maximum atomic E-state index is 12.5. The highest BCUT2D eigenvalue weighted by Gasteiger charge is 2.43. The molecule has 1 aromatic rings. The molecular formula is C18H27ClN2O. The van der Waals surface area contributed by atoms with Crippen molar-refractivity contribution < 1.29 is 4.79 Å². The number of likely N-dealkylation sites (tertiary alicyclic amines) is 1. The summed E-state index contributed by atoms with van der Waals surface area (Å²) in [7, 11) is 0. The van der Waals surface area contributed by atoms with E-state index in [1.807, 2.05) is 4.90 Å². The Hall–Kier alpha value is -1.06. The second kappa shape index (κ2) is 7.47. The lowest BCUT2D eigenvalue weighted by Crippen LogP contribution is -2.60. The van der Waals surface area contributed by atoms with Crippen LogP contribution in [-0.2, 0) is 11.2 Å². The Morgan fingerprint density at radius 3 is 2.59 bits per heavy atom. The quantitative estimate of drug-likeness (QED) is 0.925. The molecular weight excluding hydrogens is 296 g/mol. The highest BCUT2D eigenvalue weighted by molar-refractivity contribution is 5.87. The van der Waals surface area contributed by atoms with E-state index in [1.165, 1.54) is 18.4 Å². The lowest BCUT2D eigenvalue weighted by atomic mass is 9.76. The van der Waals surface area contributed by atoms with E-state index in [9.17, 15) is 4.79 Å². The number of hydrogen-bond donors (Lipinski definition) is 1. The molecule has 4 heteroatoms. The number of amides is 1. The van der Waals surface area contributed by atoms with Crippen LogP contribution in [0.3, 0.4) is 0 Å². The lowest BCUT2D eigenvalue weighted by Gasteiger charge is -2.43. The van der Waals surface area contributed by atoms with E-state index in [4.69, 9.17) is 5.73 Å². The van der Waals surface area contributed by atoms with Crippen molar-refractivity contribution in [1.82, 2.24) is 4.90 Å². The molecule has 0 bridgehead atoms. The van der Waals surface area contributed by atoms with Gasteiger partial charge in [-0.25, -0.2) is 0 Å². The summed E-state index contributed by atoms with van der Waals surface area (Å²) in [4.78, 5) is 14.6. The van der Waals surface area contributed by atoms with E-state index in [2.05, 4.69) is 30.3 Å². The molecule has 0 spiro atoms. The van der Waals surface area contributed by atoms with Gasteiger partial charge in [0, 0.05) is 13.1 Å². The maximum absolute atomic E-state index is 12.5. The van der Waals surface area contributed by atoms with Crippen LogP contribution in [0.4, 0.5) is 0 Å². The fourth-order valence-corrected chi connectivity index (χ4v) is 3.59. The third kappa shape index (κ3) is 3.82. The van der Waals surface area contributed by atoms with Crippen LogP contribution < -0.4 is 5.73 Å². The summed E-state index contributed by atoms with van der Waals surface area (Å²) in [5.74, 6) is 0.838. The Morgan fingerprint density at radius 1 is 1.23 bits per heavy atom. The van der Waals surface area contributed by atoms with Gasteiger partial charge in [0.2, 0.25) is 5.91 Å². The van der Waals surface area contributed by atoms with Crippen LogP contribution in [0.1, 0.15) is 44.1 Å². The van der Waals surface area contributed by atoms with Crippen molar-refractivity contribution >= 4 is 18.3 Å². The number of benzene rings is 1. The number of aryl methyl sites for hydroxylation is 1. The molecule has 22 heavy (non-hydrogen) atoms. The SMILES string of the molecule is Cl.NC1(C(=O)N2CCCC(CCc3ccccc3)C2)CCC1. The van der Waals surface area contributed by atoms with Gasteiger partial charge in [0.25, 0.3) is 0 Å². The molecule has 0 aromatic heterocycles. The normalized spacial score (nSPS) is 23.3. The molecule has 1 unspecified atom stereocenters. The summed E-state index contributed by atoms with van der Waals surface area (Å²) in [5.41, 5.74) is 7.07. The fourth-order valence-electron chi connectivity index (χ4n) is 3.59. The molecule has 1 amide bonds. The Balaban J connectivity index is 0.00000176. The molecule has 1 aliphatic carbocycles. The number of hydrogen-bond acceptors (Lipinski definition) is 2. The molecule has 1 aliphatic heterocycles. The molecule has 2 fully saturated rings. The first kappa shape index (κ1) is 17.3. The minimum atomic E-state index is -0.526. The summed E-state index contributed by atoms with van der Waals surface area (Å²) in [5, 5.41) is 0. The Bertz CT molecular complexity index is 487. The molecule has 3 nitrogen and oxygen atoms in total.